The van der Waals surface area contributed by atoms with E-state index in [9.17, 15) is 14.0 Å². The van der Waals surface area contributed by atoms with Gasteiger partial charge in [-0.1, -0.05) is 19.9 Å². The number of fused-ring (bicyclic) bond motifs is 1. The zero-order valence-corrected chi connectivity index (χ0v) is 23.2. The Bertz CT molecular complexity index is 1180. The number of nitrogens with zero attached hydrogens (tertiary/aromatic N) is 2. The third kappa shape index (κ3) is 7.38. The topological polar surface area (TPSA) is 104 Å². The van der Waals surface area contributed by atoms with Crippen molar-refractivity contribution in [1.82, 2.24) is 10.2 Å². The van der Waals surface area contributed by atoms with Gasteiger partial charge in [0.05, 0.1) is 37.7 Å². The molecule has 11 heteroatoms. The Morgan fingerprint density at radius 2 is 2.00 bits per heavy atom. The highest BCUT2D eigenvalue weighted by Gasteiger charge is 2.31. The average Bonchev–Trinajstić information content (AvgIpc) is 2.92. The average molecular weight is 550 g/mol. The van der Waals surface area contributed by atoms with Gasteiger partial charge in [-0.05, 0) is 44.2 Å². The summed E-state index contributed by atoms with van der Waals surface area (Å²) in [5.41, 5.74) is 2.76. The highest BCUT2D eigenvalue weighted by atomic mass is 32.1. The number of halogens is 1. The summed E-state index contributed by atoms with van der Waals surface area (Å²) in [6.45, 7) is 10.7. The van der Waals surface area contributed by atoms with Gasteiger partial charge in [0.2, 0.25) is 0 Å². The van der Waals surface area contributed by atoms with E-state index in [1.807, 2.05) is 20.8 Å². The van der Waals surface area contributed by atoms with Gasteiger partial charge in [-0.15, -0.1) is 12.6 Å². The second-order valence-corrected chi connectivity index (χ2v) is 9.49. The largest absolute Gasteiger partial charge is 0.465 e. The summed E-state index contributed by atoms with van der Waals surface area (Å²) in [5, 5.41) is 9.20. The van der Waals surface area contributed by atoms with E-state index in [0.717, 1.165) is 18.9 Å². The highest BCUT2D eigenvalue weighted by Crippen LogP contribution is 2.43. The molecule has 1 amide bonds. The summed E-state index contributed by atoms with van der Waals surface area (Å²) in [6.07, 6.45) is 0. The molecule has 0 aromatic heterocycles. The molecule has 2 aromatic rings. The van der Waals surface area contributed by atoms with Crippen molar-refractivity contribution in [2.75, 3.05) is 56.6 Å². The van der Waals surface area contributed by atoms with Crippen molar-refractivity contribution in [3.05, 3.63) is 53.3 Å². The quantitative estimate of drug-likeness (QED) is 0.227. The first-order valence-corrected chi connectivity index (χ1v) is 13.2. The fourth-order valence-electron chi connectivity index (χ4n) is 4.12. The Labute approximate surface area is 231 Å². The Kier molecular flexibility index (Phi) is 10.4. The van der Waals surface area contributed by atoms with E-state index < -0.39 is 16.7 Å². The van der Waals surface area contributed by atoms with Crippen LogP contribution in [0.1, 0.15) is 46.5 Å². The fourth-order valence-corrected chi connectivity index (χ4v) is 4.42. The lowest BCUT2D eigenvalue weighted by Gasteiger charge is -2.35. The van der Waals surface area contributed by atoms with Crippen LogP contribution >= 0.6 is 12.6 Å². The molecule has 3 N–H and O–H groups in total. The molecule has 0 bridgehead atoms. The third-order valence-electron chi connectivity index (χ3n) is 5.86. The van der Waals surface area contributed by atoms with E-state index in [2.05, 4.69) is 20.9 Å². The standard InChI is InChI=1S/C25H30FN5O4S.C2H6.2H2/c1-3-35-22(32)15-28-24(33)16-11-19(25(2,36)30-18-6-4-5-17(26)13-18)23-20(12-16)27-14-21(29-23)31-7-9-34-10-8-31;1-2;;/h4-6,11-13,27,30,36H,3,7-10,14-15H2,1-2H3,(H,28,33);1-2H3;2*1H. The second-order valence-electron chi connectivity index (χ2n) is 8.60. The van der Waals surface area contributed by atoms with Gasteiger partial charge in [0.15, 0.2) is 0 Å². The molecule has 1 fully saturated rings. The highest BCUT2D eigenvalue weighted by molar-refractivity contribution is 7.81. The number of thiol groups is 1. The molecule has 1 atom stereocenters. The lowest BCUT2D eigenvalue weighted by molar-refractivity contribution is -0.141. The zero-order valence-electron chi connectivity index (χ0n) is 22.3. The lowest BCUT2D eigenvalue weighted by atomic mass is 9.98. The molecule has 2 aliphatic heterocycles. The first-order valence-electron chi connectivity index (χ1n) is 12.8. The molecule has 38 heavy (non-hydrogen) atoms. The number of hydrogen-bond acceptors (Lipinski definition) is 9. The summed E-state index contributed by atoms with van der Waals surface area (Å²) in [6, 6.07) is 9.46. The van der Waals surface area contributed by atoms with Gasteiger partial charge in [-0.2, -0.15) is 0 Å². The van der Waals surface area contributed by atoms with E-state index >= 15 is 0 Å². The number of esters is 1. The van der Waals surface area contributed by atoms with Crippen LogP contribution in [0.2, 0.25) is 0 Å². The Balaban J connectivity index is 0.00000196. The molecule has 1 unspecified atom stereocenters. The van der Waals surface area contributed by atoms with Crippen molar-refractivity contribution in [3.8, 4) is 0 Å². The van der Waals surface area contributed by atoms with Gasteiger partial charge < -0.3 is 30.3 Å². The van der Waals surface area contributed by atoms with Gasteiger partial charge >= 0.3 is 5.97 Å². The lowest BCUT2D eigenvalue weighted by Crippen LogP contribution is -2.44. The number of anilines is 2. The fraction of sp³-hybridized carbons (Fsp3) is 0.444. The van der Waals surface area contributed by atoms with Crippen molar-refractivity contribution in [3.63, 3.8) is 0 Å². The number of hydrogen-bond donors (Lipinski definition) is 4. The second kappa shape index (κ2) is 13.5. The number of amidine groups is 1. The van der Waals surface area contributed by atoms with Crippen LogP contribution in [0.4, 0.5) is 21.5 Å². The first-order chi connectivity index (χ1) is 18.3. The van der Waals surface area contributed by atoms with Crippen molar-refractivity contribution >= 4 is 47.4 Å². The summed E-state index contributed by atoms with van der Waals surface area (Å²) in [4.78, 5) is 30.7. The smallest absolute Gasteiger partial charge is 0.325 e. The van der Waals surface area contributed by atoms with Crippen LogP contribution in [0.25, 0.3) is 0 Å². The molecule has 2 heterocycles. The monoisotopic (exact) mass is 549 g/mol. The van der Waals surface area contributed by atoms with Gasteiger partial charge in [-0.3, -0.25) is 9.59 Å². The maximum atomic E-state index is 13.8. The van der Waals surface area contributed by atoms with E-state index in [-0.39, 0.29) is 21.8 Å². The van der Waals surface area contributed by atoms with Crippen LogP contribution in [-0.4, -0.2) is 68.6 Å². The molecular formula is C27H40FN5O4S. The van der Waals surface area contributed by atoms with E-state index in [4.69, 9.17) is 27.1 Å². The third-order valence-corrected chi connectivity index (χ3v) is 6.21. The number of aliphatic imine (C=N–C) groups is 1. The molecule has 0 radical (unpaired) electrons. The Morgan fingerprint density at radius 1 is 1.26 bits per heavy atom. The van der Waals surface area contributed by atoms with Gasteiger partial charge in [-0.25, -0.2) is 9.38 Å². The number of ether oxygens (including phenoxy) is 2. The van der Waals surface area contributed by atoms with Crippen molar-refractivity contribution in [2.24, 2.45) is 4.99 Å². The Hall–Kier alpha value is -3.31. The van der Waals surface area contributed by atoms with Crippen LogP contribution in [0.15, 0.2) is 41.4 Å². The molecule has 2 aromatic carbocycles. The molecule has 4 rings (SSSR count). The molecule has 0 spiro atoms. The minimum atomic E-state index is -1.03. The van der Waals surface area contributed by atoms with Gasteiger partial charge in [0, 0.05) is 32.8 Å². The molecule has 210 valence electrons. The molecule has 9 nitrogen and oxygen atoms in total. The maximum absolute atomic E-state index is 13.8. The van der Waals surface area contributed by atoms with Gasteiger partial charge in [0.1, 0.15) is 23.1 Å². The summed E-state index contributed by atoms with van der Waals surface area (Å²) < 4.78 is 24.2. The van der Waals surface area contributed by atoms with Crippen molar-refractivity contribution in [1.29, 1.82) is 0 Å². The SMILES string of the molecule is CC.CCOC(=O)CNC(=O)c1cc2c(c(C(C)(S)Nc3cccc(F)c3)c1)N=C(N1CCOCC1)CN2.[HH].[HH]. The number of rotatable bonds is 7. The number of amides is 1. The predicted octanol–water partition coefficient (Wildman–Crippen LogP) is 4.64. The van der Waals surface area contributed by atoms with Crippen LogP contribution < -0.4 is 16.0 Å². The summed E-state index contributed by atoms with van der Waals surface area (Å²) >= 11 is 4.87. The van der Waals surface area contributed by atoms with E-state index in [1.165, 1.54) is 12.1 Å². The number of carbonyl (C=O) groups excluding carboxylic acids is 2. The maximum Gasteiger partial charge on any atom is 0.325 e. The van der Waals surface area contributed by atoms with E-state index in [0.29, 0.717) is 47.9 Å². The zero-order chi connectivity index (χ0) is 27.7. The number of benzene rings is 2. The first kappa shape index (κ1) is 29.2. The van der Waals surface area contributed by atoms with E-state index in [1.54, 1.807) is 31.2 Å². The van der Waals surface area contributed by atoms with Crippen LogP contribution in [-0.2, 0) is 19.1 Å². The molecular weight excluding hydrogens is 509 g/mol. The number of morpholine rings is 1. The van der Waals surface area contributed by atoms with Crippen molar-refractivity contribution in [2.45, 2.75) is 32.6 Å². The minimum absolute atomic E-state index is 0. The summed E-state index contributed by atoms with van der Waals surface area (Å²) in [5.74, 6) is -0.477. The number of carbonyl (C=O) groups is 2. The van der Waals surface area contributed by atoms with Crippen LogP contribution in [0.5, 0.6) is 0 Å². The minimum Gasteiger partial charge on any atom is -0.465 e. The Morgan fingerprint density at radius 3 is 2.68 bits per heavy atom. The molecule has 1 saturated heterocycles. The molecule has 0 aliphatic carbocycles. The normalized spacial score (nSPS) is 15.9. The predicted molar refractivity (Wildman–Crippen MR) is 155 cm³/mol. The molecule has 0 saturated carbocycles. The van der Waals surface area contributed by atoms with Crippen molar-refractivity contribution < 1.29 is 26.3 Å². The number of nitrogens with one attached hydrogen (secondary N) is 3. The van der Waals surface area contributed by atoms with Gasteiger partial charge in [0.25, 0.3) is 5.91 Å². The molecule has 2 aliphatic rings. The van der Waals surface area contributed by atoms with Crippen LogP contribution in [0, 0.1) is 5.82 Å². The van der Waals surface area contributed by atoms with Crippen LogP contribution in [0.3, 0.4) is 0 Å². The summed E-state index contributed by atoms with van der Waals surface area (Å²) in [7, 11) is 0.